The third kappa shape index (κ3) is 490. The van der Waals surface area contributed by atoms with E-state index in [2.05, 4.69) is 0 Å². The Labute approximate surface area is 489 Å². The number of hydrogen-bond acceptors (Lipinski definition) is 5. The Balaban J connectivity index is -0.00000000692. The van der Waals surface area contributed by atoms with E-state index in [1.165, 1.54) is 0 Å². The zero-order valence-electron chi connectivity index (χ0n) is 25.0. The molecule has 20 nitrogen and oxygen atoms in total. The average Bonchev–Trinajstić information content (AvgIpc) is 1.79. The Morgan fingerprint density at radius 3 is 0.250 bits per heavy atom. The van der Waals surface area contributed by atoms with Crippen LogP contribution in [0.5, 0.6) is 0 Å². The molecule has 0 atom stereocenters. The van der Waals surface area contributed by atoms with Crippen molar-refractivity contribution in [2.45, 2.75) is 0 Å². The first-order chi connectivity index (χ1) is 10.0. The minimum absolute atomic E-state index is 0. The molecule has 174 valence electrons. The quantitative estimate of drug-likeness (QED) is 0.0803. The predicted octanol–water partition coefficient (Wildman–Crippen LogP) is -24.8. The Morgan fingerprint density at radius 2 is 0.250 bits per heavy atom. The van der Waals surface area contributed by atoms with E-state index in [-0.39, 0.29) is 370 Å². The normalized spacial score (nSPS) is 9.22. The Bertz CT molecular complexity index is 416. The smallest absolute Gasteiger partial charge is 1.00 e. The fourth-order valence-electron chi connectivity index (χ4n) is 0. The number of hydrogen-bond donors (Lipinski definition) is 15. The second-order valence-corrected chi connectivity index (χ2v) is 7.70. The topological polar surface area (TPSA) is 389 Å². The largest absolute Gasteiger partial charge is 1.00 e. The second kappa shape index (κ2) is 43.0. The van der Waals surface area contributed by atoms with Gasteiger partial charge < -0.3 is 83.4 Å². The zero-order chi connectivity index (χ0) is 22.5. The minimum atomic E-state index is -4.64. The maximum atomic E-state index is 8.88. The zero-order valence-corrected chi connectivity index (χ0v) is 44.3. The molecule has 0 amide bonds. The summed E-state index contributed by atoms with van der Waals surface area (Å²) in [6.07, 6.45) is 0. The van der Waals surface area contributed by atoms with Gasteiger partial charge in [-0.3, -0.25) is 0 Å². The molecule has 0 aromatic carbocycles. The molecule has 0 heterocycles. The molecule has 32 heteroatoms. The predicted molar refractivity (Wildman–Crippen MR) is 79.1 cm³/mol. The summed E-state index contributed by atoms with van der Waals surface area (Å²) in [7, 11) is -23.2. The SMILES string of the molecule is O=P(O)(O)O.O=P(O)(O)O.O=P(O)(O)O.O=P(O)(O)O.O=P(O)(O)O.[H-].[H-].[H-].[H-].[H-].[H-].[H-].[K+].[K+].[K+].[K+].[K+].[K+].[K+]. The van der Waals surface area contributed by atoms with Crippen LogP contribution in [0.3, 0.4) is 0 Å². The summed E-state index contributed by atoms with van der Waals surface area (Å²) < 4.78 is 44.4. The summed E-state index contributed by atoms with van der Waals surface area (Å²) in [5.41, 5.74) is 0. The molecule has 0 saturated heterocycles. The van der Waals surface area contributed by atoms with Gasteiger partial charge in [-0.25, -0.2) is 22.8 Å². The fourth-order valence-corrected chi connectivity index (χ4v) is 0. The van der Waals surface area contributed by atoms with Gasteiger partial charge in [0.1, 0.15) is 0 Å². The van der Waals surface area contributed by atoms with Crippen LogP contribution >= 0.6 is 39.1 Å². The van der Waals surface area contributed by atoms with Crippen molar-refractivity contribution >= 4 is 39.1 Å². The Morgan fingerprint density at radius 1 is 0.250 bits per heavy atom. The van der Waals surface area contributed by atoms with Gasteiger partial charge in [0.25, 0.3) is 0 Å². The van der Waals surface area contributed by atoms with Gasteiger partial charge in [0.2, 0.25) is 0 Å². The molecule has 0 rings (SSSR count). The molecule has 0 radical (unpaired) electrons. The third-order valence-electron chi connectivity index (χ3n) is 0. The van der Waals surface area contributed by atoms with Gasteiger partial charge in [-0.1, -0.05) is 0 Å². The van der Waals surface area contributed by atoms with Gasteiger partial charge in [-0.2, -0.15) is 0 Å². The Kier molecular flexibility index (Phi) is 107. The third-order valence-corrected chi connectivity index (χ3v) is 0. The molecule has 0 unspecified atom stereocenters. The monoisotopic (exact) mass is 770 g/mol. The van der Waals surface area contributed by atoms with Crippen LogP contribution in [-0.2, 0) is 22.8 Å². The van der Waals surface area contributed by atoms with E-state index >= 15 is 0 Å². The van der Waals surface area contributed by atoms with Crippen molar-refractivity contribution in [1.82, 2.24) is 0 Å². The van der Waals surface area contributed by atoms with Gasteiger partial charge in [0.05, 0.1) is 0 Å². The van der Waals surface area contributed by atoms with Crippen molar-refractivity contribution in [2.24, 2.45) is 0 Å². The van der Waals surface area contributed by atoms with E-state index in [0.717, 1.165) is 0 Å². The molecule has 0 saturated carbocycles. The number of rotatable bonds is 0. The van der Waals surface area contributed by atoms with E-state index < -0.39 is 39.1 Å². The van der Waals surface area contributed by atoms with Gasteiger partial charge in [-0.05, 0) is 0 Å². The maximum Gasteiger partial charge on any atom is 1.00 e. The molecular weight excluding hydrogens is 749 g/mol. The van der Waals surface area contributed by atoms with Crippen molar-refractivity contribution in [1.29, 1.82) is 0 Å². The van der Waals surface area contributed by atoms with Gasteiger partial charge in [0, 0.05) is 0 Å². The van der Waals surface area contributed by atoms with E-state index in [1.54, 1.807) is 0 Å². The molecule has 0 aliphatic carbocycles. The van der Waals surface area contributed by atoms with Gasteiger partial charge in [-0.15, -0.1) is 0 Å². The van der Waals surface area contributed by atoms with Gasteiger partial charge >= 0.3 is 399 Å². The van der Waals surface area contributed by atoms with E-state index in [0.29, 0.717) is 0 Å². The molecule has 0 spiro atoms. The molecule has 32 heavy (non-hydrogen) atoms. The summed E-state index contributed by atoms with van der Waals surface area (Å²) in [5.74, 6) is 0. The Hall–Kier alpha value is 12.0. The number of phosphoric acid groups is 5. The molecule has 0 fully saturated rings. The van der Waals surface area contributed by atoms with Crippen LogP contribution in [0.4, 0.5) is 0 Å². The van der Waals surface area contributed by atoms with Crippen LogP contribution in [0.15, 0.2) is 0 Å². The first-order valence-electron chi connectivity index (χ1n) is 3.91. The molecule has 0 aromatic heterocycles. The van der Waals surface area contributed by atoms with Crippen LogP contribution in [0, 0.1) is 0 Å². The van der Waals surface area contributed by atoms with Crippen molar-refractivity contribution < 1.29 is 466 Å². The molecule has 0 aliphatic rings. The standard InChI is InChI=1S/7K.5H3O4P.7H/c;;;;;;;5*1-5(2,3)4;;;;;;;/h;;;;;;;5*(H3,1,2,3,4);;;;;;;/q7*+1;;;;;;7*-1. The molecule has 0 aliphatic heterocycles. The van der Waals surface area contributed by atoms with Crippen molar-refractivity contribution in [3.8, 4) is 0 Å². The van der Waals surface area contributed by atoms with E-state index in [4.69, 9.17) is 96.2 Å². The summed E-state index contributed by atoms with van der Waals surface area (Å²) in [5, 5.41) is 0. The van der Waals surface area contributed by atoms with Crippen LogP contribution in [0.25, 0.3) is 0 Å². The van der Waals surface area contributed by atoms with Crippen LogP contribution in [0.1, 0.15) is 9.99 Å². The molecule has 0 aromatic rings. The van der Waals surface area contributed by atoms with Crippen LogP contribution in [0.2, 0.25) is 0 Å². The van der Waals surface area contributed by atoms with E-state index in [9.17, 15) is 0 Å². The molecule has 15 N–H and O–H groups in total. The fraction of sp³-hybridized carbons (Fsp3) is 0. The average molecular weight is 771 g/mol. The van der Waals surface area contributed by atoms with Crippen LogP contribution in [-0.4, -0.2) is 73.4 Å². The van der Waals surface area contributed by atoms with Gasteiger partial charge in [0.15, 0.2) is 0 Å². The van der Waals surface area contributed by atoms with Crippen molar-refractivity contribution in [2.75, 3.05) is 0 Å². The first-order valence-corrected chi connectivity index (χ1v) is 11.7. The van der Waals surface area contributed by atoms with Crippen molar-refractivity contribution in [3.63, 3.8) is 0 Å². The van der Waals surface area contributed by atoms with E-state index in [1.807, 2.05) is 0 Å². The molecule has 0 bridgehead atoms. The minimum Gasteiger partial charge on any atom is -1.00 e. The second-order valence-electron chi connectivity index (χ2n) is 2.57. The molecular formula is H22K7O20P5. The summed E-state index contributed by atoms with van der Waals surface area (Å²) >= 11 is 0. The van der Waals surface area contributed by atoms with Crippen molar-refractivity contribution in [3.05, 3.63) is 0 Å². The first kappa shape index (κ1) is 79.5. The summed E-state index contributed by atoms with van der Waals surface area (Å²) in [6.45, 7) is 0. The maximum absolute atomic E-state index is 8.88. The summed E-state index contributed by atoms with van der Waals surface area (Å²) in [4.78, 5) is 108. The summed E-state index contributed by atoms with van der Waals surface area (Å²) in [6, 6.07) is 0. The van der Waals surface area contributed by atoms with Crippen LogP contribution < -0.4 is 360 Å².